The molecule has 0 unspecified atom stereocenters. The van der Waals surface area contributed by atoms with Gasteiger partial charge in [0.05, 0.1) is 12.1 Å². The summed E-state index contributed by atoms with van der Waals surface area (Å²) in [6.07, 6.45) is 0. The number of benzene rings is 1. The normalized spacial score (nSPS) is 9.86. The molecule has 3 amide bonds. The molecule has 0 atom stereocenters. The quantitative estimate of drug-likeness (QED) is 0.773. The summed E-state index contributed by atoms with van der Waals surface area (Å²) in [5.74, 6) is -1.29. The van der Waals surface area contributed by atoms with Crippen LogP contribution in [0.5, 0.6) is 5.75 Å². The molecule has 3 N–H and O–H groups in total. The first-order valence-electron chi connectivity index (χ1n) is 6.00. The van der Waals surface area contributed by atoms with Gasteiger partial charge in [-0.3, -0.25) is 14.4 Å². The highest BCUT2D eigenvalue weighted by molar-refractivity contribution is 6.31. The Kier molecular flexibility index (Phi) is 5.98. The fourth-order valence-corrected chi connectivity index (χ4v) is 1.52. The largest absolute Gasteiger partial charge is 0.483 e. The predicted octanol–water partition coefficient (Wildman–Crippen LogP) is 0.0221. The van der Waals surface area contributed by atoms with Crippen LogP contribution in [0.3, 0.4) is 0 Å². The van der Waals surface area contributed by atoms with E-state index >= 15 is 0 Å². The first-order chi connectivity index (χ1) is 9.81. The second-order valence-electron chi connectivity index (χ2n) is 4.36. The molecule has 0 bridgehead atoms. The number of nitrogens with one attached hydrogen (secondary N) is 1. The molecule has 8 heteroatoms. The lowest BCUT2D eigenvalue weighted by Gasteiger charge is -2.12. The molecule has 114 valence electrons. The average molecular weight is 314 g/mol. The van der Waals surface area contributed by atoms with Crippen LogP contribution in [-0.2, 0) is 9.59 Å². The zero-order chi connectivity index (χ0) is 16.0. The molecule has 0 heterocycles. The third kappa shape index (κ3) is 5.31. The molecule has 0 aliphatic carbocycles. The number of carbonyl (C=O) groups is 3. The first-order valence-corrected chi connectivity index (χ1v) is 6.38. The van der Waals surface area contributed by atoms with Crippen LogP contribution in [0.2, 0.25) is 5.02 Å². The lowest BCUT2D eigenvalue weighted by Crippen LogP contribution is -2.38. The molecule has 1 aromatic carbocycles. The van der Waals surface area contributed by atoms with Gasteiger partial charge in [0.2, 0.25) is 5.91 Å². The number of hydrogen-bond donors (Lipinski definition) is 2. The summed E-state index contributed by atoms with van der Waals surface area (Å²) in [6, 6.07) is 4.31. The minimum Gasteiger partial charge on any atom is -0.483 e. The van der Waals surface area contributed by atoms with Crippen molar-refractivity contribution in [2.24, 2.45) is 5.73 Å². The van der Waals surface area contributed by atoms with Gasteiger partial charge >= 0.3 is 0 Å². The van der Waals surface area contributed by atoms with E-state index in [9.17, 15) is 14.4 Å². The van der Waals surface area contributed by atoms with E-state index in [4.69, 9.17) is 22.1 Å². The number of halogens is 1. The zero-order valence-electron chi connectivity index (χ0n) is 11.7. The van der Waals surface area contributed by atoms with Crippen LogP contribution in [0.1, 0.15) is 10.4 Å². The van der Waals surface area contributed by atoms with Crippen molar-refractivity contribution in [1.82, 2.24) is 10.2 Å². The minimum atomic E-state index is -0.712. The molecule has 1 rings (SSSR count). The average Bonchev–Trinajstić information content (AvgIpc) is 2.42. The van der Waals surface area contributed by atoms with Gasteiger partial charge < -0.3 is 20.7 Å². The van der Waals surface area contributed by atoms with Crippen molar-refractivity contribution in [3.05, 3.63) is 28.8 Å². The number of rotatable bonds is 6. The SMILES string of the molecule is CN(C)C(=O)CNC(=O)COc1ccc(Cl)cc1C(N)=O. The number of nitrogens with zero attached hydrogens (tertiary/aromatic N) is 1. The number of likely N-dealkylation sites (N-methyl/N-ethyl adjacent to an activating group) is 1. The van der Waals surface area contributed by atoms with E-state index in [2.05, 4.69) is 5.32 Å². The van der Waals surface area contributed by atoms with Crippen LogP contribution in [0, 0.1) is 0 Å². The van der Waals surface area contributed by atoms with E-state index in [-0.39, 0.29) is 30.4 Å². The van der Waals surface area contributed by atoms with Crippen LogP contribution in [0.15, 0.2) is 18.2 Å². The number of nitrogens with two attached hydrogens (primary N) is 1. The maximum absolute atomic E-state index is 11.5. The Balaban J connectivity index is 2.57. The van der Waals surface area contributed by atoms with E-state index in [1.54, 1.807) is 14.1 Å². The highest BCUT2D eigenvalue weighted by Crippen LogP contribution is 2.22. The van der Waals surface area contributed by atoms with Gasteiger partial charge in [-0.2, -0.15) is 0 Å². The van der Waals surface area contributed by atoms with Crippen molar-refractivity contribution >= 4 is 29.3 Å². The molecule has 0 spiro atoms. The molecule has 0 aromatic heterocycles. The smallest absolute Gasteiger partial charge is 0.258 e. The highest BCUT2D eigenvalue weighted by atomic mass is 35.5. The summed E-state index contributed by atoms with van der Waals surface area (Å²) in [5, 5.41) is 2.73. The monoisotopic (exact) mass is 313 g/mol. The lowest BCUT2D eigenvalue weighted by molar-refractivity contribution is -0.131. The first kappa shape index (κ1) is 16.8. The van der Waals surface area contributed by atoms with Gasteiger partial charge in [0, 0.05) is 19.1 Å². The van der Waals surface area contributed by atoms with Crippen molar-refractivity contribution in [1.29, 1.82) is 0 Å². The van der Waals surface area contributed by atoms with Crippen LogP contribution in [-0.4, -0.2) is 49.9 Å². The van der Waals surface area contributed by atoms with Gasteiger partial charge in [0.25, 0.3) is 11.8 Å². The van der Waals surface area contributed by atoms with Gasteiger partial charge in [0.15, 0.2) is 6.61 Å². The van der Waals surface area contributed by atoms with E-state index in [1.165, 1.54) is 23.1 Å². The van der Waals surface area contributed by atoms with E-state index < -0.39 is 11.8 Å². The Bertz CT molecular complexity index is 560. The number of primary amides is 1. The molecular formula is C13H16ClN3O4. The van der Waals surface area contributed by atoms with E-state index in [1.807, 2.05) is 0 Å². The Hall–Kier alpha value is -2.28. The van der Waals surface area contributed by atoms with Gasteiger partial charge in [-0.25, -0.2) is 0 Å². The lowest BCUT2D eigenvalue weighted by atomic mass is 10.2. The Labute approximate surface area is 127 Å². The molecule has 7 nitrogen and oxygen atoms in total. The van der Waals surface area contributed by atoms with Crippen molar-refractivity contribution in [2.45, 2.75) is 0 Å². The maximum Gasteiger partial charge on any atom is 0.258 e. The minimum absolute atomic E-state index is 0.0830. The van der Waals surface area contributed by atoms with Crippen LogP contribution < -0.4 is 15.8 Å². The summed E-state index contributed by atoms with van der Waals surface area (Å²) >= 11 is 5.75. The second kappa shape index (κ2) is 7.49. The van der Waals surface area contributed by atoms with Crippen molar-refractivity contribution in [3.8, 4) is 5.75 Å². The van der Waals surface area contributed by atoms with Gasteiger partial charge in [0.1, 0.15) is 5.75 Å². The third-order valence-corrected chi connectivity index (χ3v) is 2.74. The van der Waals surface area contributed by atoms with Crippen LogP contribution in [0.4, 0.5) is 0 Å². The standard InChI is InChI=1S/C13H16ClN3O4/c1-17(2)12(19)6-16-11(18)7-21-10-4-3-8(14)5-9(10)13(15)20/h3-5H,6-7H2,1-2H3,(H2,15,20)(H,16,18). The highest BCUT2D eigenvalue weighted by Gasteiger charge is 2.12. The summed E-state index contributed by atoms with van der Waals surface area (Å²) < 4.78 is 5.21. The fourth-order valence-electron chi connectivity index (χ4n) is 1.35. The Morgan fingerprint density at radius 3 is 2.57 bits per heavy atom. The predicted molar refractivity (Wildman–Crippen MR) is 77.2 cm³/mol. The van der Waals surface area contributed by atoms with E-state index in [0.29, 0.717) is 5.02 Å². The number of amides is 3. The molecule has 1 aromatic rings. The Morgan fingerprint density at radius 2 is 2.00 bits per heavy atom. The third-order valence-electron chi connectivity index (χ3n) is 2.50. The molecular weight excluding hydrogens is 298 g/mol. The van der Waals surface area contributed by atoms with E-state index in [0.717, 1.165) is 0 Å². The number of ether oxygens (including phenoxy) is 1. The van der Waals surface area contributed by atoms with Crippen molar-refractivity contribution in [2.75, 3.05) is 27.2 Å². The maximum atomic E-state index is 11.5. The van der Waals surface area contributed by atoms with Crippen molar-refractivity contribution < 1.29 is 19.1 Å². The molecule has 0 aliphatic rings. The van der Waals surface area contributed by atoms with Gasteiger partial charge in [-0.1, -0.05) is 11.6 Å². The number of carbonyl (C=O) groups excluding carboxylic acids is 3. The molecule has 0 saturated carbocycles. The van der Waals surface area contributed by atoms with Gasteiger partial charge in [-0.15, -0.1) is 0 Å². The topological polar surface area (TPSA) is 102 Å². The molecule has 0 fully saturated rings. The molecule has 0 aliphatic heterocycles. The van der Waals surface area contributed by atoms with Gasteiger partial charge in [-0.05, 0) is 18.2 Å². The molecule has 0 radical (unpaired) electrons. The molecule has 0 saturated heterocycles. The molecule has 21 heavy (non-hydrogen) atoms. The summed E-state index contributed by atoms with van der Waals surface area (Å²) in [7, 11) is 3.16. The van der Waals surface area contributed by atoms with Crippen LogP contribution in [0.25, 0.3) is 0 Å². The number of hydrogen-bond acceptors (Lipinski definition) is 4. The van der Waals surface area contributed by atoms with Crippen molar-refractivity contribution in [3.63, 3.8) is 0 Å². The zero-order valence-corrected chi connectivity index (χ0v) is 12.4. The summed E-state index contributed by atoms with van der Waals surface area (Å²) in [5.41, 5.74) is 5.28. The van der Waals surface area contributed by atoms with Crippen LogP contribution >= 0.6 is 11.6 Å². The Morgan fingerprint density at radius 1 is 1.33 bits per heavy atom. The second-order valence-corrected chi connectivity index (χ2v) is 4.79. The fraction of sp³-hybridized carbons (Fsp3) is 0.308. The summed E-state index contributed by atoms with van der Waals surface area (Å²) in [4.78, 5) is 35.4. The summed E-state index contributed by atoms with van der Waals surface area (Å²) in [6.45, 7) is -0.471.